The lowest BCUT2D eigenvalue weighted by Gasteiger charge is -2.11. The van der Waals surface area contributed by atoms with E-state index in [-0.39, 0.29) is 24.2 Å². The average molecular weight is 515 g/mol. The van der Waals surface area contributed by atoms with Crippen molar-refractivity contribution >= 4 is 23.5 Å². The minimum Gasteiger partial charge on any atom is -0.454 e. The number of Topliss-reactive ketones (excluding diaryl/α,β-unsaturated/α-hetero) is 1. The van der Waals surface area contributed by atoms with Crippen LogP contribution in [0.4, 0.5) is 0 Å². The van der Waals surface area contributed by atoms with Crippen LogP contribution in [0.2, 0.25) is 0 Å². The number of thioether (sulfide) groups is 1. The first-order chi connectivity index (χ1) is 18.1. The van der Waals surface area contributed by atoms with Crippen molar-refractivity contribution in [3.8, 4) is 28.3 Å². The van der Waals surface area contributed by atoms with E-state index in [2.05, 4.69) is 15.5 Å². The number of amides is 1. The molecule has 0 saturated heterocycles. The van der Waals surface area contributed by atoms with Gasteiger partial charge in [0.25, 0.3) is 0 Å². The number of carbonyl (C=O) groups is 2. The summed E-state index contributed by atoms with van der Waals surface area (Å²) < 4.78 is 12.9. The molecular weight excluding hydrogens is 488 g/mol. The van der Waals surface area contributed by atoms with E-state index < -0.39 is 0 Å². The fourth-order valence-electron chi connectivity index (χ4n) is 4.04. The summed E-state index contributed by atoms with van der Waals surface area (Å²) in [4.78, 5) is 24.2. The molecule has 1 aromatic heterocycles. The van der Waals surface area contributed by atoms with Crippen LogP contribution in [0.15, 0.2) is 78.0 Å². The van der Waals surface area contributed by atoms with E-state index in [1.165, 1.54) is 18.7 Å². The van der Waals surface area contributed by atoms with E-state index in [4.69, 9.17) is 9.47 Å². The van der Waals surface area contributed by atoms with Crippen LogP contribution < -0.4 is 14.8 Å². The Kier molecular flexibility index (Phi) is 7.51. The topological polar surface area (TPSA) is 95.3 Å². The summed E-state index contributed by atoms with van der Waals surface area (Å²) in [6.07, 6.45) is 1.32. The monoisotopic (exact) mass is 514 g/mol. The Bertz CT molecular complexity index is 1400. The number of benzene rings is 3. The Morgan fingerprint density at radius 2 is 1.70 bits per heavy atom. The molecule has 9 heteroatoms. The Morgan fingerprint density at radius 1 is 0.946 bits per heavy atom. The van der Waals surface area contributed by atoms with Gasteiger partial charge in [-0.15, -0.1) is 10.2 Å². The molecule has 0 atom stereocenters. The predicted molar refractivity (Wildman–Crippen MR) is 141 cm³/mol. The first-order valence-corrected chi connectivity index (χ1v) is 13.0. The van der Waals surface area contributed by atoms with Gasteiger partial charge < -0.3 is 14.8 Å². The molecule has 0 aliphatic carbocycles. The average Bonchev–Trinajstić information content (AvgIpc) is 3.56. The van der Waals surface area contributed by atoms with Crippen LogP contribution in [-0.2, 0) is 11.2 Å². The van der Waals surface area contributed by atoms with Crippen molar-refractivity contribution in [2.24, 2.45) is 0 Å². The van der Waals surface area contributed by atoms with Crippen molar-refractivity contribution in [1.29, 1.82) is 0 Å². The molecule has 2 heterocycles. The fourth-order valence-corrected chi connectivity index (χ4v) is 4.91. The van der Waals surface area contributed by atoms with Crippen molar-refractivity contribution in [2.75, 3.05) is 19.1 Å². The van der Waals surface area contributed by atoms with Crippen LogP contribution >= 0.6 is 11.8 Å². The first kappa shape index (κ1) is 24.6. The molecule has 0 radical (unpaired) electrons. The molecular formula is C28H26N4O4S. The molecule has 3 aromatic carbocycles. The van der Waals surface area contributed by atoms with E-state index in [9.17, 15) is 9.59 Å². The quantitative estimate of drug-likeness (QED) is 0.186. The summed E-state index contributed by atoms with van der Waals surface area (Å²) >= 11 is 1.34. The lowest BCUT2D eigenvalue weighted by atomic mass is 10.0. The zero-order valence-electron chi connectivity index (χ0n) is 20.3. The van der Waals surface area contributed by atoms with Gasteiger partial charge in [0.1, 0.15) is 5.82 Å². The van der Waals surface area contributed by atoms with Gasteiger partial charge in [-0.05, 0) is 29.7 Å². The van der Waals surface area contributed by atoms with Gasteiger partial charge in [0.2, 0.25) is 12.7 Å². The SMILES string of the molecule is CC(=O)NCCCc1nnc(SCC(=O)c2ccc(-c3ccccc3)cc2)n1-c1ccc2c(c1)OCO2. The highest BCUT2D eigenvalue weighted by Crippen LogP contribution is 2.35. The lowest BCUT2D eigenvalue weighted by Crippen LogP contribution is -2.21. The van der Waals surface area contributed by atoms with E-state index in [0.29, 0.717) is 41.6 Å². The van der Waals surface area contributed by atoms with Gasteiger partial charge in [-0.2, -0.15) is 0 Å². The van der Waals surface area contributed by atoms with E-state index in [1.54, 1.807) is 0 Å². The van der Waals surface area contributed by atoms with Gasteiger partial charge in [0.15, 0.2) is 22.4 Å². The van der Waals surface area contributed by atoms with Gasteiger partial charge in [-0.1, -0.05) is 66.4 Å². The summed E-state index contributed by atoms with van der Waals surface area (Å²) in [6, 6.07) is 23.4. The molecule has 0 saturated carbocycles. The van der Waals surface area contributed by atoms with Gasteiger partial charge in [-0.25, -0.2) is 0 Å². The Labute approximate surface area is 219 Å². The zero-order chi connectivity index (χ0) is 25.6. The normalized spacial score (nSPS) is 11.9. The number of aryl methyl sites for hydroxylation is 1. The highest BCUT2D eigenvalue weighted by molar-refractivity contribution is 7.99. The standard InChI is InChI=1S/C28H26N4O4S/c1-19(33)29-15-5-8-27-30-31-28(32(27)23-13-14-25-26(16-23)36-18-35-25)37-17-24(34)22-11-9-21(10-12-22)20-6-3-2-4-7-20/h2-4,6-7,9-14,16H,5,8,15,17-18H2,1H3,(H,29,33). The van der Waals surface area contributed by atoms with Crippen molar-refractivity contribution < 1.29 is 19.1 Å². The van der Waals surface area contributed by atoms with Crippen molar-refractivity contribution in [3.63, 3.8) is 0 Å². The highest BCUT2D eigenvalue weighted by Gasteiger charge is 2.20. The number of ketones is 1. The number of aromatic nitrogens is 3. The first-order valence-electron chi connectivity index (χ1n) is 12.0. The Balaban J connectivity index is 1.32. The number of nitrogens with zero attached hydrogens (tertiary/aromatic N) is 3. The van der Waals surface area contributed by atoms with Gasteiger partial charge in [0.05, 0.1) is 11.4 Å². The summed E-state index contributed by atoms with van der Waals surface area (Å²) in [5.41, 5.74) is 3.65. The van der Waals surface area contributed by atoms with Crippen molar-refractivity contribution in [3.05, 3.63) is 84.2 Å². The smallest absolute Gasteiger partial charge is 0.231 e. The fraction of sp³-hybridized carbons (Fsp3) is 0.214. The third-order valence-corrected chi connectivity index (χ3v) is 6.84. The number of hydrogen-bond donors (Lipinski definition) is 1. The zero-order valence-corrected chi connectivity index (χ0v) is 21.2. The number of hydrogen-bond acceptors (Lipinski definition) is 7. The molecule has 0 bridgehead atoms. The maximum absolute atomic E-state index is 13.0. The van der Waals surface area contributed by atoms with E-state index in [1.807, 2.05) is 77.4 Å². The molecule has 5 rings (SSSR count). The maximum atomic E-state index is 13.0. The third-order valence-electron chi connectivity index (χ3n) is 5.91. The molecule has 0 unspecified atom stereocenters. The minimum atomic E-state index is -0.0659. The summed E-state index contributed by atoms with van der Waals surface area (Å²) in [5, 5.41) is 12.2. The molecule has 8 nitrogen and oxygen atoms in total. The molecule has 1 amide bonds. The lowest BCUT2D eigenvalue weighted by molar-refractivity contribution is -0.118. The summed E-state index contributed by atoms with van der Waals surface area (Å²) in [6.45, 7) is 2.23. The highest BCUT2D eigenvalue weighted by atomic mass is 32.2. The van der Waals surface area contributed by atoms with Crippen LogP contribution in [0, 0.1) is 0 Å². The van der Waals surface area contributed by atoms with Crippen molar-refractivity contribution in [2.45, 2.75) is 24.9 Å². The molecule has 1 aliphatic rings. The van der Waals surface area contributed by atoms with E-state index >= 15 is 0 Å². The summed E-state index contributed by atoms with van der Waals surface area (Å²) in [7, 11) is 0. The molecule has 188 valence electrons. The molecule has 0 fully saturated rings. The summed E-state index contributed by atoms with van der Waals surface area (Å²) in [5.74, 6) is 2.25. The largest absolute Gasteiger partial charge is 0.454 e. The van der Waals surface area contributed by atoms with Crippen LogP contribution in [0.1, 0.15) is 29.5 Å². The molecule has 4 aromatic rings. The second kappa shape index (κ2) is 11.3. The van der Waals surface area contributed by atoms with Gasteiger partial charge >= 0.3 is 0 Å². The second-order valence-electron chi connectivity index (χ2n) is 8.51. The van der Waals surface area contributed by atoms with Crippen LogP contribution in [0.5, 0.6) is 11.5 Å². The Morgan fingerprint density at radius 3 is 2.49 bits per heavy atom. The van der Waals surface area contributed by atoms with Gasteiger partial charge in [0, 0.05) is 31.5 Å². The maximum Gasteiger partial charge on any atom is 0.231 e. The molecule has 37 heavy (non-hydrogen) atoms. The molecule has 1 aliphatic heterocycles. The van der Waals surface area contributed by atoms with Crippen LogP contribution in [0.25, 0.3) is 16.8 Å². The number of carbonyl (C=O) groups excluding carboxylic acids is 2. The minimum absolute atomic E-state index is 0.0112. The molecule has 1 N–H and O–H groups in total. The number of rotatable bonds is 10. The third kappa shape index (κ3) is 5.83. The van der Waals surface area contributed by atoms with Crippen molar-refractivity contribution in [1.82, 2.24) is 20.1 Å². The Hall–Kier alpha value is -4.11. The number of nitrogens with one attached hydrogen (secondary N) is 1. The number of fused-ring (bicyclic) bond motifs is 1. The van der Waals surface area contributed by atoms with Gasteiger partial charge in [-0.3, -0.25) is 14.2 Å². The predicted octanol–water partition coefficient (Wildman–Crippen LogP) is 4.71. The second-order valence-corrected chi connectivity index (χ2v) is 9.46. The van der Waals surface area contributed by atoms with Crippen LogP contribution in [-0.4, -0.2) is 45.5 Å². The van der Waals surface area contributed by atoms with E-state index in [0.717, 1.165) is 22.6 Å². The van der Waals surface area contributed by atoms with Crippen LogP contribution in [0.3, 0.4) is 0 Å². The number of ether oxygens (including phenoxy) is 2. The molecule has 0 spiro atoms.